The lowest BCUT2D eigenvalue weighted by Gasteiger charge is -2.12. The summed E-state index contributed by atoms with van der Waals surface area (Å²) >= 11 is 1.42. The fourth-order valence-corrected chi connectivity index (χ4v) is 2.49. The molecule has 0 fully saturated rings. The lowest BCUT2D eigenvalue weighted by molar-refractivity contribution is -0.152. The van der Waals surface area contributed by atoms with Gasteiger partial charge in [-0.3, -0.25) is 9.59 Å². The molecule has 0 spiro atoms. The van der Waals surface area contributed by atoms with Gasteiger partial charge in [0, 0.05) is 11.4 Å². The first-order valence-corrected chi connectivity index (χ1v) is 7.59. The first-order chi connectivity index (χ1) is 9.43. The summed E-state index contributed by atoms with van der Waals surface area (Å²) in [4.78, 5) is 24.2. The molecule has 0 radical (unpaired) electrons. The maximum atomic E-state index is 11.7. The number of ether oxygens (including phenoxy) is 1. The second-order valence-electron chi connectivity index (χ2n) is 4.58. The van der Waals surface area contributed by atoms with Crippen molar-refractivity contribution in [3.8, 4) is 0 Å². The molecule has 1 rings (SSSR count). The summed E-state index contributed by atoms with van der Waals surface area (Å²) in [6, 6.07) is 6.08. The summed E-state index contributed by atoms with van der Waals surface area (Å²) in [6.45, 7) is 7.97. The summed E-state index contributed by atoms with van der Waals surface area (Å²) in [6.07, 6.45) is -0.748. The van der Waals surface area contributed by atoms with E-state index in [2.05, 4.69) is 11.4 Å². The Balaban J connectivity index is 2.45. The van der Waals surface area contributed by atoms with Crippen LogP contribution in [-0.2, 0) is 14.3 Å². The van der Waals surface area contributed by atoms with E-state index in [1.807, 2.05) is 32.9 Å². The molecule has 0 saturated carbocycles. The largest absolute Gasteiger partial charge is 0.452 e. The monoisotopic (exact) mass is 295 g/mol. The number of carbonyl (C=O) groups is 2. The number of esters is 1. The molecular weight excluding hydrogens is 274 g/mol. The highest BCUT2D eigenvalue weighted by molar-refractivity contribution is 8.00. The number of amides is 1. The van der Waals surface area contributed by atoms with Gasteiger partial charge in [0.25, 0.3) is 5.91 Å². The number of thioether (sulfide) groups is 1. The number of hydrogen-bond acceptors (Lipinski definition) is 4. The van der Waals surface area contributed by atoms with Crippen LogP contribution in [0.3, 0.4) is 0 Å². The molecule has 4 nitrogen and oxygen atoms in total. The topological polar surface area (TPSA) is 55.4 Å². The number of benzene rings is 1. The number of likely N-dealkylation sites (N-methyl/N-ethyl adjacent to an activating group) is 1. The van der Waals surface area contributed by atoms with Crippen LogP contribution in [0.1, 0.15) is 25.0 Å². The number of hydrogen-bond donors (Lipinski definition) is 1. The third-order valence-corrected chi connectivity index (χ3v) is 3.85. The van der Waals surface area contributed by atoms with Crippen molar-refractivity contribution >= 4 is 23.6 Å². The van der Waals surface area contributed by atoms with Gasteiger partial charge in [-0.25, -0.2) is 0 Å². The Morgan fingerprint density at radius 1 is 1.35 bits per heavy atom. The highest BCUT2D eigenvalue weighted by Gasteiger charge is 2.17. The predicted octanol–water partition coefficient (Wildman–Crippen LogP) is 2.46. The molecule has 5 heteroatoms. The Bertz CT molecular complexity index is 488. The lowest BCUT2D eigenvalue weighted by Crippen LogP contribution is -2.35. The van der Waals surface area contributed by atoms with Crippen LogP contribution < -0.4 is 5.32 Å². The molecule has 0 heterocycles. The summed E-state index contributed by atoms with van der Waals surface area (Å²) < 4.78 is 5.08. The van der Waals surface area contributed by atoms with E-state index in [4.69, 9.17) is 4.74 Å². The zero-order valence-electron chi connectivity index (χ0n) is 12.4. The van der Waals surface area contributed by atoms with Gasteiger partial charge in [0.1, 0.15) is 0 Å². The smallest absolute Gasteiger partial charge is 0.317 e. The second-order valence-corrected chi connectivity index (χ2v) is 5.60. The van der Waals surface area contributed by atoms with Crippen molar-refractivity contribution in [3.63, 3.8) is 0 Å². The van der Waals surface area contributed by atoms with E-state index < -0.39 is 6.10 Å². The SMILES string of the molecule is CCNC(=O)[C@H](C)OC(=O)CSc1ccc(C)cc1C. The molecule has 0 aliphatic heterocycles. The molecule has 1 atom stereocenters. The summed E-state index contributed by atoms with van der Waals surface area (Å²) in [5, 5.41) is 2.62. The van der Waals surface area contributed by atoms with Crippen molar-refractivity contribution in [2.45, 2.75) is 38.7 Å². The van der Waals surface area contributed by atoms with Crippen LogP contribution in [0.5, 0.6) is 0 Å². The Morgan fingerprint density at radius 3 is 2.65 bits per heavy atom. The van der Waals surface area contributed by atoms with Crippen molar-refractivity contribution in [1.29, 1.82) is 0 Å². The fourth-order valence-electron chi connectivity index (χ4n) is 1.70. The average molecular weight is 295 g/mol. The molecule has 0 unspecified atom stereocenters. The zero-order chi connectivity index (χ0) is 15.1. The predicted molar refractivity (Wildman–Crippen MR) is 80.9 cm³/mol. The molecule has 1 amide bonds. The molecule has 0 aromatic heterocycles. The van der Waals surface area contributed by atoms with Crippen LogP contribution in [0, 0.1) is 13.8 Å². The van der Waals surface area contributed by atoms with Crippen molar-refractivity contribution in [2.24, 2.45) is 0 Å². The normalized spacial score (nSPS) is 11.8. The van der Waals surface area contributed by atoms with Crippen LogP contribution in [0.15, 0.2) is 23.1 Å². The molecule has 0 bridgehead atoms. The van der Waals surface area contributed by atoms with E-state index in [9.17, 15) is 9.59 Å². The van der Waals surface area contributed by atoms with E-state index in [1.54, 1.807) is 6.92 Å². The molecule has 0 aliphatic carbocycles. The Hall–Kier alpha value is -1.49. The molecule has 20 heavy (non-hydrogen) atoms. The third kappa shape index (κ3) is 5.25. The summed E-state index contributed by atoms with van der Waals surface area (Å²) in [5.74, 6) is -0.445. The van der Waals surface area contributed by atoms with Crippen LogP contribution in [-0.4, -0.2) is 30.3 Å². The van der Waals surface area contributed by atoms with Gasteiger partial charge in [-0.2, -0.15) is 0 Å². The van der Waals surface area contributed by atoms with Gasteiger partial charge < -0.3 is 10.1 Å². The number of nitrogens with one attached hydrogen (secondary N) is 1. The summed E-state index contributed by atoms with van der Waals surface area (Å²) in [7, 11) is 0. The lowest BCUT2D eigenvalue weighted by atomic mass is 10.2. The average Bonchev–Trinajstić information content (AvgIpc) is 2.37. The van der Waals surface area contributed by atoms with E-state index in [-0.39, 0.29) is 17.6 Å². The number of rotatable bonds is 6. The van der Waals surface area contributed by atoms with Crippen molar-refractivity contribution in [2.75, 3.05) is 12.3 Å². The molecule has 1 aromatic rings. The Morgan fingerprint density at radius 2 is 2.05 bits per heavy atom. The maximum absolute atomic E-state index is 11.7. The van der Waals surface area contributed by atoms with Gasteiger partial charge in [0.05, 0.1) is 5.75 Å². The van der Waals surface area contributed by atoms with Gasteiger partial charge >= 0.3 is 5.97 Å². The van der Waals surface area contributed by atoms with Gasteiger partial charge in [-0.15, -0.1) is 11.8 Å². The minimum absolute atomic E-state index is 0.202. The van der Waals surface area contributed by atoms with Crippen LogP contribution in [0.25, 0.3) is 0 Å². The molecule has 110 valence electrons. The quantitative estimate of drug-likeness (QED) is 0.647. The minimum atomic E-state index is -0.748. The van der Waals surface area contributed by atoms with E-state index in [0.29, 0.717) is 6.54 Å². The van der Waals surface area contributed by atoms with Crippen molar-refractivity contribution in [1.82, 2.24) is 5.32 Å². The van der Waals surface area contributed by atoms with Crippen LogP contribution >= 0.6 is 11.8 Å². The standard InChI is InChI=1S/C15H21NO3S/c1-5-16-15(18)12(4)19-14(17)9-20-13-7-6-10(2)8-11(13)3/h6-8,12H,5,9H2,1-4H3,(H,16,18)/t12-/m0/s1. The molecule has 0 aliphatic rings. The third-order valence-electron chi connectivity index (χ3n) is 2.70. The zero-order valence-corrected chi connectivity index (χ0v) is 13.2. The first-order valence-electron chi connectivity index (χ1n) is 6.61. The highest BCUT2D eigenvalue weighted by Crippen LogP contribution is 2.23. The van der Waals surface area contributed by atoms with Crippen LogP contribution in [0.4, 0.5) is 0 Å². The maximum Gasteiger partial charge on any atom is 0.317 e. The minimum Gasteiger partial charge on any atom is -0.452 e. The second kappa shape index (κ2) is 7.94. The van der Waals surface area contributed by atoms with E-state index >= 15 is 0 Å². The van der Waals surface area contributed by atoms with Crippen molar-refractivity contribution < 1.29 is 14.3 Å². The van der Waals surface area contributed by atoms with Gasteiger partial charge in [0.2, 0.25) is 0 Å². The number of aryl methyl sites for hydroxylation is 2. The number of carbonyl (C=O) groups excluding carboxylic acids is 2. The van der Waals surface area contributed by atoms with E-state index in [0.717, 1.165) is 10.5 Å². The molecule has 0 saturated heterocycles. The molecule has 1 aromatic carbocycles. The molecular formula is C15H21NO3S. The van der Waals surface area contributed by atoms with Gasteiger partial charge in [-0.05, 0) is 39.3 Å². The Labute approximate surface area is 124 Å². The first kappa shape index (κ1) is 16.6. The van der Waals surface area contributed by atoms with Crippen molar-refractivity contribution in [3.05, 3.63) is 29.3 Å². The van der Waals surface area contributed by atoms with Gasteiger partial charge in [-0.1, -0.05) is 17.7 Å². The Kier molecular flexibility index (Phi) is 6.58. The summed E-state index contributed by atoms with van der Waals surface area (Å²) in [5.41, 5.74) is 2.33. The highest BCUT2D eigenvalue weighted by atomic mass is 32.2. The van der Waals surface area contributed by atoms with Crippen LogP contribution in [0.2, 0.25) is 0 Å². The van der Waals surface area contributed by atoms with E-state index in [1.165, 1.54) is 17.3 Å². The van der Waals surface area contributed by atoms with Gasteiger partial charge in [0.15, 0.2) is 6.10 Å². The fraction of sp³-hybridized carbons (Fsp3) is 0.467. The molecule has 1 N–H and O–H groups in total.